The molecule has 1 heterocycles. The van der Waals surface area contributed by atoms with Crippen molar-refractivity contribution in [3.8, 4) is 11.3 Å². The molecule has 2 aromatic carbocycles. The van der Waals surface area contributed by atoms with Crippen molar-refractivity contribution in [2.75, 3.05) is 12.4 Å². The van der Waals surface area contributed by atoms with E-state index in [2.05, 4.69) is 39.8 Å². The van der Waals surface area contributed by atoms with Crippen molar-refractivity contribution in [3.05, 3.63) is 66.2 Å². The minimum Gasteiger partial charge on any atom is -0.462 e. The van der Waals surface area contributed by atoms with Crippen LogP contribution in [0.5, 0.6) is 0 Å². The van der Waals surface area contributed by atoms with Crippen LogP contribution in [0.3, 0.4) is 0 Å². The lowest BCUT2D eigenvalue weighted by molar-refractivity contribution is -0.514. The van der Waals surface area contributed by atoms with Crippen LogP contribution < -0.4 is 0 Å². The Morgan fingerprint density at radius 3 is 2.36 bits per heavy atom. The van der Waals surface area contributed by atoms with Gasteiger partial charge in [-0.25, -0.2) is 14.3 Å². The number of thioether (sulfide) groups is 1. The molecule has 12 heteroatoms. The number of hydrogen-bond donors (Lipinski definition) is 0. The topological polar surface area (TPSA) is 57.9 Å². The Morgan fingerprint density at radius 1 is 0.976 bits per heavy atom. The molecule has 0 saturated carbocycles. The summed E-state index contributed by atoms with van der Waals surface area (Å²) in [6, 6.07) is 13.2. The highest BCUT2D eigenvalue weighted by Gasteiger charge is 2.51. The van der Waals surface area contributed by atoms with Crippen molar-refractivity contribution in [2.45, 2.75) is 75.8 Å². The van der Waals surface area contributed by atoms with Gasteiger partial charge in [0.2, 0.25) is 0 Å². The van der Waals surface area contributed by atoms with Gasteiger partial charge in [-0.3, -0.25) is 0 Å². The van der Waals surface area contributed by atoms with Crippen LogP contribution >= 0.6 is 11.8 Å². The zero-order valence-corrected chi connectivity index (χ0v) is 24.0. The van der Waals surface area contributed by atoms with Gasteiger partial charge in [-0.05, 0) is 55.2 Å². The number of rotatable bonds is 17. The number of ether oxygens (including phenoxy) is 3. The van der Waals surface area contributed by atoms with Gasteiger partial charge in [0, 0.05) is 34.1 Å². The van der Waals surface area contributed by atoms with Gasteiger partial charge in [-0.2, -0.15) is 17.6 Å². The molecule has 0 saturated heterocycles. The third-order valence-electron chi connectivity index (χ3n) is 6.12. The number of furan rings is 1. The first-order chi connectivity index (χ1) is 19.7. The summed E-state index contributed by atoms with van der Waals surface area (Å²) in [6.07, 6.45) is -12.0. The van der Waals surface area contributed by atoms with E-state index in [4.69, 9.17) is 4.42 Å². The van der Waals surface area contributed by atoms with Crippen molar-refractivity contribution in [1.82, 2.24) is 0 Å². The normalized spacial score (nSPS) is 12.6. The van der Waals surface area contributed by atoms with E-state index in [0.717, 1.165) is 47.5 Å². The fraction of sp³-hybridized carbons (Fsp3) is 0.433. The monoisotopic (exact) mass is 618 g/mol. The minimum atomic E-state index is -5.31. The first kappa shape index (κ1) is 33.5. The maximum Gasteiger partial charge on any atom is 0.494 e. The summed E-state index contributed by atoms with van der Waals surface area (Å²) in [4.78, 5) is 11.4. The summed E-state index contributed by atoms with van der Waals surface area (Å²) in [6.45, 7) is 6.19. The second-order valence-corrected chi connectivity index (χ2v) is 10.7. The first-order valence-electron chi connectivity index (χ1n) is 13.3. The molecule has 3 rings (SSSR count). The van der Waals surface area contributed by atoms with Crippen molar-refractivity contribution < 1.29 is 49.8 Å². The quantitative estimate of drug-likeness (QED) is 0.0375. The summed E-state index contributed by atoms with van der Waals surface area (Å²) < 4.78 is 99.4. The van der Waals surface area contributed by atoms with Crippen molar-refractivity contribution >= 4 is 28.7 Å². The average Bonchev–Trinajstić information content (AvgIpc) is 3.30. The number of carbonyl (C=O) groups is 1. The molecule has 0 radical (unpaired) electrons. The molecule has 1 aromatic heterocycles. The molecular weight excluding hydrogens is 586 g/mol. The summed E-state index contributed by atoms with van der Waals surface area (Å²) in [7, 11) is 0. The summed E-state index contributed by atoms with van der Waals surface area (Å²) >= 11 is 0.926. The fourth-order valence-electron chi connectivity index (χ4n) is 4.06. The maximum atomic E-state index is 14.1. The summed E-state index contributed by atoms with van der Waals surface area (Å²) in [5, 5.41) is 0.798. The third-order valence-corrected chi connectivity index (χ3v) is 7.11. The minimum absolute atomic E-state index is 0.380. The predicted octanol–water partition coefficient (Wildman–Crippen LogP) is 9.51. The molecule has 0 amide bonds. The van der Waals surface area contributed by atoms with E-state index in [-0.39, 0.29) is 5.75 Å². The van der Waals surface area contributed by atoms with E-state index in [1.807, 2.05) is 19.1 Å². The van der Waals surface area contributed by atoms with E-state index in [1.54, 1.807) is 18.2 Å². The van der Waals surface area contributed by atoms with Gasteiger partial charge in [-0.15, -0.1) is 20.5 Å². The molecule has 0 aliphatic rings. The smallest absolute Gasteiger partial charge is 0.462 e. The molecule has 0 bridgehead atoms. The van der Waals surface area contributed by atoms with Gasteiger partial charge in [-0.1, -0.05) is 44.5 Å². The Bertz CT molecular complexity index is 1360. The molecule has 0 atom stereocenters. The van der Waals surface area contributed by atoms with Crippen molar-refractivity contribution in [1.29, 1.82) is 0 Å². The Kier molecular flexibility index (Phi) is 11.6. The van der Waals surface area contributed by atoms with Gasteiger partial charge in [0.1, 0.15) is 11.3 Å². The van der Waals surface area contributed by atoms with Crippen LogP contribution in [0.1, 0.15) is 50.2 Å². The molecule has 0 aliphatic carbocycles. The molecule has 0 N–H and O–H groups in total. The van der Waals surface area contributed by atoms with Gasteiger partial charge in [0.15, 0.2) is 0 Å². The van der Waals surface area contributed by atoms with Gasteiger partial charge >= 0.3 is 24.5 Å². The van der Waals surface area contributed by atoms with Crippen LogP contribution in [-0.4, -0.2) is 36.8 Å². The average molecular weight is 619 g/mol. The van der Waals surface area contributed by atoms with Crippen molar-refractivity contribution in [3.63, 3.8) is 0 Å². The molecule has 5 nitrogen and oxygen atoms in total. The molecule has 42 heavy (non-hydrogen) atoms. The van der Waals surface area contributed by atoms with Crippen LogP contribution in [0.4, 0.5) is 26.3 Å². The maximum absolute atomic E-state index is 14.1. The second-order valence-electron chi connectivity index (χ2n) is 9.58. The molecule has 0 aliphatic heterocycles. The van der Waals surface area contributed by atoms with Gasteiger partial charge in [0.25, 0.3) is 0 Å². The lowest BCUT2D eigenvalue weighted by Crippen LogP contribution is -2.41. The standard InChI is InChI=1S/C30H32F6O5S/c1-4-6-7-8-21-9-12-24(20(3)17-21)26-18-22-10-11-23(19-25(22)39-26)42-16-14-29(33,34)41-30(35,36)40-28(31,32)13-15-38-27(37)5-2/h5,9-12,17-19H,2,4,6-8,13-16H2,1,3H3. The van der Waals surface area contributed by atoms with Crippen LogP contribution in [0.25, 0.3) is 22.3 Å². The molecule has 0 fully saturated rings. The largest absolute Gasteiger partial charge is 0.494 e. The van der Waals surface area contributed by atoms with Crippen LogP contribution in [0, 0.1) is 6.92 Å². The Labute approximate surface area is 244 Å². The number of alkyl halides is 6. The molecular formula is C30H32F6O5S. The predicted molar refractivity (Wildman–Crippen MR) is 148 cm³/mol. The highest BCUT2D eigenvalue weighted by molar-refractivity contribution is 7.99. The zero-order chi connectivity index (χ0) is 31.0. The lowest BCUT2D eigenvalue weighted by atomic mass is 10.00. The fourth-order valence-corrected chi connectivity index (χ4v) is 4.99. The van der Waals surface area contributed by atoms with E-state index in [1.165, 1.54) is 12.0 Å². The van der Waals surface area contributed by atoms with Gasteiger partial charge in [0.05, 0.1) is 13.0 Å². The number of unbranched alkanes of at least 4 members (excludes halogenated alkanes) is 2. The summed E-state index contributed by atoms with van der Waals surface area (Å²) in [5.41, 5.74) is 3.77. The number of fused-ring (bicyclic) bond motifs is 1. The molecule has 3 aromatic rings. The van der Waals surface area contributed by atoms with Gasteiger partial charge < -0.3 is 9.15 Å². The number of aryl methyl sites for hydroxylation is 2. The molecule has 0 unspecified atom stereocenters. The highest BCUT2D eigenvalue weighted by Crippen LogP contribution is 2.38. The molecule has 230 valence electrons. The highest BCUT2D eigenvalue weighted by atomic mass is 32.2. The van der Waals surface area contributed by atoms with Crippen molar-refractivity contribution in [2.24, 2.45) is 0 Å². The van der Waals surface area contributed by atoms with E-state index in [0.29, 0.717) is 22.3 Å². The van der Waals surface area contributed by atoms with Crippen LogP contribution in [-0.2, 0) is 25.4 Å². The first-order valence-corrected chi connectivity index (χ1v) is 14.3. The van der Waals surface area contributed by atoms with E-state index in [9.17, 15) is 31.1 Å². The Balaban J connectivity index is 1.55. The van der Waals surface area contributed by atoms with E-state index < -0.39 is 43.9 Å². The van der Waals surface area contributed by atoms with Crippen LogP contribution in [0.15, 0.2) is 64.4 Å². The zero-order valence-electron chi connectivity index (χ0n) is 23.2. The Hall–Kier alpha value is -2.96. The summed E-state index contributed by atoms with van der Waals surface area (Å²) in [5.74, 6) is -0.792. The number of esters is 1. The molecule has 0 spiro atoms. The SMILES string of the molecule is C=CC(=O)OCCC(F)(F)OC(F)(F)OC(F)(F)CCSc1ccc2cc(-c3ccc(CCCCC)cc3C)oc2c1. The number of hydrogen-bond acceptors (Lipinski definition) is 6. The van der Waals surface area contributed by atoms with E-state index >= 15 is 0 Å². The van der Waals surface area contributed by atoms with Crippen LogP contribution in [0.2, 0.25) is 0 Å². The number of halogens is 6. The second kappa shape index (κ2) is 14.5. The lowest BCUT2D eigenvalue weighted by Gasteiger charge is -2.26. The number of carbonyl (C=O) groups excluding carboxylic acids is 1. The third kappa shape index (κ3) is 10.4. The number of benzene rings is 2. The Morgan fingerprint density at radius 2 is 1.69 bits per heavy atom.